The third-order valence-electron chi connectivity index (χ3n) is 2.96. The highest BCUT2D eigenvalue weighted by Gasteiger charge is 2.35. The van der Waals surface area contributed by atoms with Gasteiger partial charge in [-0.3, -0.25) is 4.79 Å². The molecule has 3 nitrogen and oxygen atoms in total. The molecule has 15 heavy (non-hydrogen) atoms. The van der Waals surface area contributed by atoms with Gasteiger partial charge in [0.15, 0.2) is 0 Å². The predicted octanol–water partition coefficient (Wildman–Crippen LogP) is 1.81. The van der Waals surface area contributed by atoms with E-state index in [4.69, 9.17) is 4.74 Å². The SMILES string of the molecule is CCOC(=O)CCNCC1(SC)CCC1. The van der Waals surface area contributed by atoms with Gasteiger partial charge < -0.3 is 10.1 Å². The van der Waals surface area contributed by atoms with Crippen LogP contribution in [0, 0.1) is 0 Å². The second-order valence-electron chi connectivity index (χ2n) is 3.97. The van der Waals surface area contributed by atoms with Gasteiger partial charge in [0.1, 0.15) is 0 Å². The Hall–Kier alpha value is -0.220. The molecule has 0 aromatic carbocycles. The molecule has 88 valence electrons. The smallest absolute Gasteiger partial charge is 0.307 e. The number of carbonyl (C=O) groups is 1. The van der Waals surface area contributed by atoms with Gasteiger partial charge in [0, 0.05) is 17.8 Å². The monoisotopic (exact) mass is 231 g/mol. The van der Waals surface area contributed by atoms with E-state index >= 15 is 0 Å². The van der Waals surface area contributed by atoms with Crippen LogP contribution in [0.5, 0.6) is 0 Å². The molecule has 0 radical (unpaired) electrons. The van der Waals surface area contributed by atoms with E-state index in [2.05, 4.69) is 11.6 Å². The van der Waals surface area contributed by atoms with Gasteiger partial charge in [-0.2, -0.15) is 11.8 Å². The molecule has 0 amide bonds. The molecule has 0 heterocycles. The van der Waals surface area contributed by atoms with Crippen LogP contribution >= 0.6 is 11.8 Å². The molecule has 0 saturated heterocycles. The fourth-order valence-electron chi connectivity index (χ4n) is 1.76. The third kappa shape index (κ3) is 4.03. The minimum absolute atomic E-state index is 0.100. The Morgan fingerprint density at radius 3 is 2.73 bits per heavy atom. The maximum Gasteiger partial charge on any atom is 0.307 e. The van der Waals surface area contributed by atoms with Crippen molar-refractivity contribution in [2.75, 3.05) is 26.0 Å². The fourth-order valence-corrected chi connectivity index (χ4v) is 2.71. The number of thioether (sulfide) groups is 1. The van der Waals surface area contributed by atoms with Gasteiger partial charge >= 0.3 is 5.97 Å². The molecule has 1 N–H and O–H groups in total. The highest BCUT2D eigenvalue weighted by molar-refractivity contribution is 8.00. The summed E-state index contributed by atoms with van der Waals surface area (Å²) in [5.74, 6) is -0.100. The Morgan fingerprint density at radius 1 is 1.53 bits per heavy atom. The molecule has 1 fully saturated rings. The van der Waals surface area contributed by atoms with Gasteiger partial charge in [-0.1, -0.05) is 6.42 Å². The van der Waals surface area contributed by atoms with Crippen molar-refractivity contribution in [2.24, 2.45) is 0 Å². The van der Waals surface area contributed by atoms with Gasteiger partial charge in [-0.15, -0.1) is 0 Å². The summed E-state index contributed by atoms with van der Waals surface area (Å²) in [6, 6.07) is 0. The maximum atomic E-state index is 11.1. The molecule has 0 bridgehead atoms. The molecule has 1 aliphatic carbocycles. The number of ether oxygens (including phenoxy) is 1. The molecular formula is C11H21NO2S. The first kappa shape index (κ1) is 12.8. The lowest BCUT2D eigenvalue weighted by Gasteiger charge is -2.40. The first-order chi connectivity index (χ1) is 7.22. The highest BCUT2D eigenvalue weighted by Crippen LogP contribution is 2.42. The molecule has 0 spiro atoms. The Labute approximate surface area is 96.3 Å². The molecule has 0 atom stereocenters. The molecule has 0 aromatic heterocycles. The zero-order chi connectivity index (χ0) is 11.1. The summed E-state index contributed by atoms with van der Waals surface area (Å²) in [7, 11) is 0. The average Bonchev–Trinajstić information content (AvgIpc) is 2.16. The zero-order valence-electron chi connectivity index (χ0n) is 9.67. The van der Waals surface area contributed by atoms with E-state index in [-0.39, 0.29) is 5.97 Å². The summed E-state index contributed by atoms with van der Waals surface area (Å²) in [6.45, 7) is 4.07. The van der Waals surface area contributed by atoms with E-state index in [1.807, 2.05) is 18.7 Å². The van der Waals surface area contributed by atoms with Crippen molar-refractivity contribution in [3.8, 4) is 0 Å². The lowest BCUT2D eigenvalue weighted by Crippen LogP contribution is -2.43. The summed E-state index contributed by atoms with van der Waals surface area (Å²) < 4.78 is 5.31. The van der Waals surface area contributed by atoms with E-state index in [0.29, 0.717) is 17.8 Å². The Kier molecular flexibility index (Phi) is 5.47. The van der Waals surface area contributed by atoms with Crippen molar-refractivity contribution in [3.63, 3.8) is 0 Å². The van der Waals surface area contributed by atoms with E-state index in [1.165, 1.54) is 19.3 Å². The van der Waals surface area contributed by atoms with Crippen molar-refractivity contribution < 1.29 is 9.53 Å². The summed E-state index contributed by atoms with van der Waals surface area (Å²) >= 11 is 1.95. The van der Waals surface area contributed by atoms with Gasteiger partial charge in [-0.25, -0.2) is 0 Å². The second kappa shape index (κ2) is 6.38. The summed E-state index contributed by atoms with van der Waals surface area (Å²) in [5.41, 5.74) is 0. The Balaban J connectivity index is 2.03. The molecule has 4 heteroatoms. The Bertz CT molecular complexity index is 199. The van der Waals surface area contributed by atoms with E-state index in [1.54, 1.807) is 0 Å². The van der Waals surface area contributed by atoms with E-state index in [0.717, 1.165) is 13.1 Å². The van der Waals surface area contributed by atoms with Crippen LogP contribution in [0.1, 0.15) is 32.6 Å². The first-order valence-electron chi connectivity index (χ1n) is 5.64. The maximum absolute atomic E-state index is 11.1. The van der Waals surface area contributed by atoms with E-state index < -0.39 is 0 Å². The van der Waals surface area contributed by atoms with Crippen LogP contribution < -0.4 is 5.32 Å². The van der Waals surface area contributed by atoms with E-state index in [9.17, 15) is 4.79 Å². The molecule has 0 unspecified atom stereocenters. The molecular weight excluding hydrogens is 210 g/mol. The van der Waals surface area contributed by atoms with Crippen LogP contribution in [0.25, 0.3) is 0 Å². The highest BCUT2D eigenvalue weighted by atomic mass is 32.2. The Morgan fingerprint density at radius 2 is 2.27 bits per heavy atom. The second-order valence-corrected chi connectivity index (χ2v) is 5.25. The van der Waals surface area contributed by atoms with Gasteiger partial charge in [0.05, 0.1) is 13.0 Å². The summed E-state index contributed by atoms with van der Waals surface area (Å²) in [4.78, 5) is 11.1. The fraction of sp³-hybridized carbons (Fsp3) is 0.909. The minimum atomic E-state index is -0.100. The third-order valence-corrected chi connectivity index (χ3v) is 4.37. The van der Waals surface area contributed by atoms with Crippen molar-refractivity contribution in [1.82, 2.24) is 5.32 Å². The number of hydrogen-bond acceptors (Lipinski definition) is 4. The van der Waals surface area contributed by atoms with Crippen molar-refractivity contribution in [1.29, 1.82) is 0 Å². The standard InChI is InChI=1S/C11H21NO2S/c1-3-14-10(13)5-8-12-9-11(15-2)6-4-7-11/h12H,3-9H2,1-2H3. The van der Waals surface area contributed by atoms with Gasteiger partial charge in [0.2, 0.25) is 0 Å². The largest absolute Gasteiger partial charge is 0.466 e. The molecule has 0 aliphatic heterocycles. The lowest BCUT2D eigenvalue weighted by atomic mass is 9.84. The number of carbonyl (C=O) groups excluding carboxylic acids is 1. The van der Waals surface area contributed by atoms with Crippen LogP contribution in [0.15, 0.2) is 0 Å². The van der Waals surface area contributed by atoms with Gasteiger partial charge in [-0.05, 0) is 26.0 Å². The normalized spacial score (nSPS) is 18.3. The van der Waals surface area contributed by atoms with Crippen molar-refractivity contribution >= 4 is 17.7 Å². The number of rotatable bonds is 7. The van der Waals surface area contributed by atoms with Crippen molar-refractivity contribution in [3.05, 3.63) is 0 Å². The minimum Gasteiger partial charge on any atom is -0.466 e. The van der Waals surface area contributed by atoms with Crippen LogP contribution in [-0.4, -0.2) is 36.7 Å². The lowest BCUT2D eigenvalue weighted by molar-refractivity contribution is -0.142. The predicted molar refractivity (Wildman–Crippen MR) is 64.2 cm³/mol. The van der Waals surface area contributed by atoms with Crippen LogP contribution in [0.2, 0.25) is 0 Å². The number of esters is 1. The van der Waals surface area contributed by atoms with Crippen LogP contribution in [-0.2, 0) is 9.53 Å². The molecule has 1 rings (SSSR count). The quantitative estimate of drug-likeness (QED) is 0.536. The summed E-state index contributed by atoms with van der Waals surface area (Å²) in [5, 5.41) is 3.35. The topological polar surface area (TPSA) is 38.3 Å². The number of hydrogen-bond donors (Lipinski definition) is 1. The van der Waals surface area contributed by atoms with Crippen LogP contribution in [0.3, 0.4) is 0 Å². The van der Waals surface area contributed by atoms with Gasteiger partial charge in [0.25, 0.3) is 0 Å². The summed E-state index contributed by atoms with van der Waals surface area (Å²) in [6.07, 6.45) is 6.62. The van der Waals surface area contributed by atoms with Crippen molar-refractivity contribution in [2.45, 2.75) is 37.4 Å². The zero-order valence-corrected chi connectivity index (χ0v) is 10.5. The number of nitrogens with one attached hydrogen (secondary N) is 1. The average molecular weight is 231 g/mol. The van der Waals surface area contributed by atoms with Crippen LogP contribution in [0.4, 0.5) is 0 Å². The molecule has 1 aliphatic rings. The molecule has 0 aromatic rings. The molecule has 1 saturated carbocycles. The first-order valence-corrected chi connectivity index (χ1v) is 6.86.